The van der Waals surface area contributed by atoms with E-state index in [1.54, 1.807) is 0 Å². The van der Waals surface area contributed by atoms with Crippen LogP contribution in [0.5, 0.6) is 0 Å². The lowest BCUT2D eigenvalue weighted by molar-refractivity contribution is -0.118. The Balaban J connectivity index is 1.55. The monoisotopic (exact) mass is 352 g/mol. The number of hydrogen-bond acceptors (Lipinski definition) is 2. The first-order valence-corrected chi connectivity index (χ1v) is 10.4. The van der Waals surface area contributed by atoms with E-state index in [0.29, 0.717) is 12.5 Å². The van der Waals surface area contributed by atoms with E-state index in [1.165, 1.54) is 56.1 Å². The van der Waals surface area contributed by atoms with Gasteiger partial charge in [-0.1, -0.05) is 36.8 Å². The van der Waals surface area contributed by atoms with Crippen LogP contribution in [0.25, 0.3) is 0 Å². The van der Waals surface area contributed by atoms with Gasteiger partial charge in [0.1, 0.15) is 0 Å². The van der Waals surface area contributed by atoms with Gasteiger partial charge < -0.3 is 9.80 Å². The molecule has 140 valence electrons. The van der Waals surface area contributed by atoms with E-state index in [2.05, 4.69) is 35.7 Å². The van der Waals surface area contributed by atoms with Crippen molar-refractivity contribution < 1.29 is 4.79 Å². The molecule has 3 heteroatoms. The number of nitrogens with zero attached hydrogens (tertiary/aromatic N) is 2. The van der Waals surface area contributed by atoms with Crippen molar-refractivity contribution in [1.29, 1.82) is 0 Å². The molecule has 1 saturated heterocycles. The van der Waals surface area contributed by atoms with Gasteiger partial charge in [-0.3, -0.25) is 4.79 Å². The van der Waals surface area contributed by atoms with Gasteiger partial charge in [-0.05, 0) is 69.7 Å². The predicted molar refractivity (Wildman–Crippen MR) is 108 cm³/mol. The van der Waals surface area contributed by atoms with Crippen molar-refractivity contribution in [1.82, 2.24) is 4.90 Å². The van der Waals surface area contributed by atoms with E-state index in [1.807, 2.05) is 11.9 Å². The zero-order valence-corrected chi connectivity index (χ0v) is 16.2. The van der Waals surface area contributed by atoms with Crippen LogP contribution >= 0.6 is 0 Å². The predicted octanol–water partition coefficient (Wildman–Crippen LogP) is 4.67. The highest BCUT2D eigenvalue weighted by molar-refractivity contribution is 5.94. The number of benzene rings is 1. The lowest BCUT2D eigenvalue weighted by Gasteiger charge is -2.45. The van der Waals surface area contributed by atoms with Gasteiger partial charge in [-0.2, -0.15) is 0 Å². The third-order valence-corrected chi connectivity index (χ3v) is 7.14. The fraction of sp³-hybridized carbons (Fsp3) is 0.609. The molecule has 1 spiro atoms. The topological polar surface area (TPSA) is 23.6 Å². The number of anilines is 1. The molecule has 0 radical (unpaired) electrons. The highest BCUT2D eigenvalue weighted by Gasteiger charge is 2.42. The summed E-state index contributed by atoms with van der Waals surface area (Å²) < 4.78 is 0. The lowest BCUT2D eigenvalue weighted by Crippen LogP contribution is -2.47. The maximum atomic E-state index is 12.5. The van der Waals surface area contributed by atoms with Crippen LogP contribution in [-0.4, -0.2) is 37.0 Å². The minimum atomic E-state index is 0.176. The highest BCUT2D eigenvalue weighted by atomic mass is 16.2. The van der Waals surface area contributed by atoms with E-state index in [9.17, 15) is 4.79 Å². The van der Waals surface area contributed by atoms with Gasteiger partial charge in [0.2, 0.25) is 5.91 Å². The number of hydrogen-bond donors (Lipinski definition) is 0. The van der Waals surface area contributed by atoms with Gasteiger partial charge in [0.15, 0.2) is 0 Å². The minimum Gasteiger partial charge on any atom is -0.315 e. The molecule has 26 heavy (non-hydrogen) atoms. The SMILES string of the molecule is C=C1CCCCC(N2CCC3(CCC(=O)N(C)c4ccccc43)CC2)C1. The fourth-order valence-corrected chi connectivity index (χ4v) is 5.44. The zero-order valence-electron chi connectivity index (χ0n) is 16.2. The van der Waals surface area contributed by atoms with E-state index in [4.69, 9.17) is 0 Å². The number of rotatable bonds is 1. The quantitative estimate of drug-likeness (QED) is 0.542. The molecular formula is C23H32N2O. The van der Waals surface area contributed by atoms with Crippen molar-refractivity contribution in [3.05, 3.63) is 42.0 Å². The number of amides is 1. The third kappa shape index (κ3) is 3.22. The van der Waals surface area contributed by atoms with Crippen LogP contribution in [0.15, 0.2) is 36.4 Å². The van der Waals surface area contributed by atoms with Crippen molar-refractivity contribution in [2.24, 2.45) is 0 Å². The molecule has 0 aromatic heterocycles. The van der Waals surface area contributed by atoms with Gasteiger partial charge in [0, 0.05) is 30.6 Å². The summed E-state index contributed by atoms with van der Waals surface area (Å²) in [5.74, 6) is 0.261. The second kappa shape index (κ2) is 7.19. The number of fused-ring (bicyclic) bond motifs is 2. The molecule has 1 aromatic rings. The van der Waals surface area contributed by atoms with Crippen LogP contribution in [0.3, 0.4) is 0 Å². The van der Waals surface area contributed by atoms with Crippen molar-refractivity contribution in [3.63, 3.8) is 0 Å². The Kier molecular flexibility index (Phi) is 4.92. The molecule has 2 fully saturated rings. The molecule has 4 rings (SSSR count). The molecule has 1 atom stereocenters. The Morgan fingerprint density at radius 3 is 2.65 bits per heavy atom. The molecule has 2 aliphatic heterocycles. The lowest BCUT2D eigenvalue weighted by atomic mass is 9.69. The average Bonchev–Trinajstić information content (AvgIpc) is 2.94. The molecule has 1 aromatic carbocycles. The standard InChI is InChI=1S/C23H32N2O/c1-18-7-3-4-8-19(17-18)25-15-13-23(14-16-25)12-11-22(26)24(2)21-10-6-5-9-20(21)23/h5-6,9-10,19H,1,3-4,7-8,11-17H2,2H3. The number of carbonyl (C=O) groups is 1. The van der Waals surface area contributed by atoms with E-state index >= 15 is 0 Å². The van der Waals surface area contributed by atoms with Gasteiger partial charge in [0.05, 0.1) is 0 Å². The zero-order chi connectivity index (χ0) is 18.1. The molecule has 1 amide bonds. The molecule has 1 saturated carbocycles. The summed E-state index contributed by atoms with van der Waals surface area (Å²) in [6.45, 7) is 6.61. The van der Waals surface area contributed by atoms with Gasteiger partial charge >= 0.3 is 0 Å². The molecular weight excluding hydrogens is 320 g/mol. The second-order valence-corrected chi connectivity index (χ2v) is 8.64. The van der Waals surface area contributed by atoms with Crippen molar-refractivity contribution >= 4 is 11.6 Å². The molecule has 0 N–H and O–H groups in total. The van der Waals surface area contributed by atoms with E-state index < -0.39 is 0 Å². The third-order valence-electron chi connectivity index (χ3n) is 7.14. The van der Waals surface area contributed by atoms with Gasteiger partial charge in [-0.15, -0.1) is 0 Å². The number of carbonyl (C=O) groups excluding carboxylic acids is 1. The molecule has 1 unspecified atom stereocenters. The summed E-state index contributed by atoms with van der Waals surface area (Å²) in [4.78, 5) is 17.1. The molecule has 1 aliphatic carbocycles. The van der Waals surface area contributed by atoms with Crippen molar-refractivity contribution in [2.45, 2.75) is 69.2 Å². The van der Waals surface area contributed by atoms with Crippen LogP contribution in [0.4, 0.5) is 5.69 Å². The molecule has 2 heterocycles. The number of piperidine rings is 1. The molecule has 3 aliphatic rings. The summed E-state index contributed by atoms with van der Waals surface area (Å²) >= 11 is 0. The fourth-order valence-electron chi connectivity index (χ4n) is 5.44. The molecule has 3 nitrogen and oxygen atoms in total. The average molecular weight is 353 g/mol. The van der Waals surface area contributed by atoms with Crippen LogP contribution in [0.2, 0.25) is 0 Å². The van der Waals surface area contributed by atoms with E-state index in [0.717, 1.165) is 25.2 Å². The molecule has 0 bridgehead atoms. The summed E-state index contributed by atoms with van der Waals surface area (Å²) in [5, 5.41) is 0. The van der Waals surface area contributed by atoms with Gasteiger partial charge in [-0.25, -0.2) is 0 Å². The van der Waals surface area contributed by atoms with Crippen molar-refractivity contribution in [2.75, 3.05) is 25.0 Å². The maximum Gasteiger partial charge on any atom is 0.226 e. The van der Waals surface area contributed by atoms with Gasteiger partial charge in [0.25, 0.3) is 0 Å². The maximum absolute atomic E-state index is 12.5. The smallest absolute Gasteiger partial charge is 0.226 e. The van der Waals surface area contributed by atoms with Crippen LogP contribution < -0.4 is 4.90 Å². The Morgan fingerprint density at radius 2 is 1.85 bits per heavy atom. The first-order valence-electron chi connectivity index (χ1n) is 10.4. The Morgan fingerprint density at radius 1 is 1.08 bits per heavy atom. The number of para-hydroxylation sites is 1. The first kappa shape index (κ1) is 17.8. The number of likely N-dealkylation sites (tertiary alicyclic amines) is 1. The van der Waals surface area contributed by atoms with Crippen LogP contribution in [0.1, 0.15) is 63.4 Å². The van der Waals surface area contributed by atoms with Crippen molar-refractivity contribution in [3.8, 4) is 0 Å². The minimum absolute atomic E-state index is 0.176. The Bertz CT molecular complexity index is 687. The summed E-state index contributed by atoms with van der Waals surface area (Å²) in [5.41, 5.74) is 4.15. The normalized spacial score (nSPS) is 27.1. The van der Waals surface area contributed by atoms with Crippen LogP contribution in [0, 0.1) is 0 Å². The van der Waals surface area contributed by atoms with E-state index in [-0.39, 0.29) is 11.3 Å². The summed E-state index contributed by atoms with van der Waals surface area (Å²) in [6, 6.07) is 9.29. The summed E-state index contributed by atoms with van der Waals surface area (Å²) in [6.07, 6.45) is 10.4. The second-order valence-electron chi connectivity index (χ2n) is 8.64. The summed E-state index contributed by atoms with van der Waals surface area (Å²) in [7, 11) is 1.94. The largest absolute Gasteiger partial charge is 0.315 e. The van der Waals surface area contributed by atoms with Crippen LogP contribution in [-0.2, 0) is 10.2 Å². The highest BCUT2D eigenvalue weighted by Crippen LogP contribution is 2.46. The Hall–Kier alpha value is -1.61. The Labute approximate surface area is 158 Å². The first-order chi connectivity index (χ1) is 12.6.